The van der Waals surface area contributed by atoms with Crippen LogP contribution < -0.4 is 5.32 Å². The quantitative estimate of drug-likeness (QED) is 0.391. The average Bonchev–Trinajstić information content (AvgIpc) is 3.33. The smallest absolute Gasteiger partial charge is 0.255 e. The minimum atomic E-state index is -0.258. The number of aromatic nitrogens is 4. The molecule has 0 atom stereocenters. The van der Waals surface area contributed by atoms with Crippen LogP contribution in [0.2, 0.25) is 5.02 Å². The first kappa shape index (κ1) is 22.6. The Morgan fingerprint density at radius 1 is 1.03 bits per heavy atom. The normalized spacial score (nSPS) is 10.9. The molecule has 168 valence electrons. The Hall–Kier alpha value is -3.58. The molecule has 2 heterocycles. The zero-order chi connectivity index (χ0) is 23.5. The summed E-state index contributed by atoms with van der Waals surface area (Å²) in [7, 11) is 0. The van der Waals surface area contributed by atoms with Gasteiger partial charge in [-0.3, -0.25) is 4.79 Å². The van der Waals surface area contributed by atoms with Crippen LogP contribution in [0.1, 0.15) is 40.9 Å². The van der Waals surface area contributed by atoms with E-state index in [1.807, 2.05) is 39.0 Å². The molecule has 0 spiro atoms. The molecular weight excluding hydrogens is 441 g/mol. The van der Waals surface area contributed by atoms with Crippen LogP contribution in [0, 0.1) is 12.7 Å². The Bertz CT molecular complexity index is 1320. The van der Waals surface area contributed by atoms with Crippen LogP contribution in [-0.2, 0) is 12.8 Å². The summed E-state index contributed by atoms with van der Waals surface area (Å²) in [5.74, 6) is -0.131. The highest BCUT2D eigenvalue weighted by molar-refractivity contribution is 6.32. The lowest BCUT2D eigenvalue weighted by atomic mass is 9.89. The van der Waals surface area contributed by atoms with Gasteiger partial charge < -0.3 is 5.32 Å². The predicted molar refractivity (Wildman–Crippen MR) is 127 cm³/mol. The second-order valence-corrected chi connectivity index (χ2v) is 8.04. The van der Waals surface area contributed by atoms with Crippen molar-refractivity contribution in [2.24, 2.45) is 0 Å². The number of rotatable bonds is 6. The molecule has 33 heavy (non-hydrogen) atoms. The fraction of sp³-hybridized carbons (Fsp3) is 0.200. The van der Waals surface area contributed by atoms with Crippen molar-refractivity contribution in [2.75, 3.05) is 5.32 Å². The van der Waals surface area contributed by atoms with E-state index in [1.165, 1.54) is 29.5 Å². The summed E-state index contributed by atoms with van der Waals surface area (Å²) in [6, 6.07) is 10.4. The van der Waals surface area contributed by atoms with Gasteiger partial charge in [-0.25, -0.2) is 9.37 Å². The predicted octanol–water partition coefficient (Wildman–Crippen LogP) is 5.81. The van der Waals surface area contributed by atoms with Gasteiger partial charge in [-0.05, 0) is 71.8 Å². The zero-order valence-electron chi connectivity index (χ0n) is 18.6. The number of amides is 1. The number of carbonyl (C=O) groups excluding carboxylic acids is 1. The Balaban J connectivity index is 1.65. The number of nitrogens with one attached hydrogen (secondary N) is 1. The lowest BCUT2D eigenvalue weighted by Crippen LogP contribution is -2.15. The highest BCUT2D eigenvalue weighted by Gasteiger charge is 2.17. The summed E-state index contributed by atoms with van der Waals surface area (Å²) in [6.45, 7) is 5.94. The van der Waals surface area contributed by atoms with Gasteiger partial charge in [0.1, 0.15) is 5.82 Å². The maximum Gasteiger partial charge on any atom is 0.255 e. The number of carbonyl (C=O) groups is 1. The molecule has 2 aromatic heterocycles. The Morgan fingerprint density at radius 2 is 1.73 bits per heavy atom. The van der Waals surface area contributed by atoms with Gasteiger partial charge in [0.05, 0.1) is 29.3 Å². The molecule has 0 bridgehead atoms. The van der Waals surface area contributed by atoms with Crippen LogP contribution in [0.5, 0.6) is 0 Å². The molecule has 0 radical (unpaired) electrons. The lowest BCUT2D eigenvalue weighted by Gasteiger charge is -2.16. The molecule has 8 heteroatoms. The standard InChI is InChI=1S/C25H23ClFN5O/c1-4-16-11-18(27)6-7-20(16)22-10-15(3)21(12-17(22)5-2)25(33)31-19-13-23(26)24(28-14-19)32-29-8-9-30-32/h6-14H,4-5H2,1-3H3,(H,31,33). The summed E-state index contributed by atoms with van der Waals surface area (Å²) in [5.41, 5.74) is 5.81. The van der Waals surface area contributed by atoms with E-state index in [9.17, 15) is 9.18 Å². The third-order valence-corrected chi connectivity index (χ3v) is 5.78. The molecule has 0 fully saturated rings. The van der Waals surface area contributed by atoms with Crippen molar-refractivity contribution >= 4 is 23.2 Å². The number of halogens is 2. The van der Waals surface area contributed by atoms with Crippen molar-refractivity contribution in [3.05, 3.63) is 88.1 Å². The van der Waals surface area contributed by atoms with E-state index in [1.54, 1.807) is 12.1 Å². The molecular formula is C25H23ClFN5O. The zero-order valence-corrected chi connectivity index (χ0v) is 19.3. The average molecular weight is 464 g/mol. The molecule has 6 nitrogen and oxygen atoms in total. The molecule has 1 amide bonds. The van der Waals surface area contributed by atoms with Gasteiger partial charge >= 0.3 is 0 Å². The van der Waals surface area contributed by atoms with Gasteiger partial charge in [0, 0.05) is 5.56 Å². The maximum absolute atomic E-state index is 13.7. The number of benzene rings is 2. The molecule has 1 N–H and O–H groups in total. The Morgan fingerprint density at radius 3 is 2.39 bits per heavy atom. The van der Waals surface area contributed by atoms with Crippen molar-refractivity contribution in [3.63, 3.8) is 0 Å². The van der Waals surface area contributed by atoms with E-state index in [-0.39, 0.29) is 11.7 Å². The van der Waals surface area contributed by atoms with Gasteiger partial charge in [-0.15, -0.1) is 4.80 Å². The molecule has 0 unspecified atom stereocenters. The van der Waals surface area contributed by atoms with Gasteiger partial charge in [-0.1, -0.05) is 37.6 Å². The number of hydrogen-bond donors (Lipinski definition) is 1. The summed E-state index contributed by atoms with van der Waals surface area (Å²) >= 11 is 6.32. The highest BCUT2D eigenvalue weighted by atomic mass is 35.5. The van der Waals surface area contributed by atoms with Crippen LogP contribution in [0.4, 0.5) is 10.1 Å². The number of nitrogens with zero attached hydrogens (tertiary/aromatic N) is 4. The first-order valence-corrected chi connectivity index (χ1v) is 11.0. The molecule has 2 aromatic carbocycles. The van der Waals surface area contributed by atoms with Crippen molar-refractivity contribution in [2.45, 2.75) is 33.6 Å². The number of anilines is 1. The van der Waals surface area contributed by atoms with Crippen molar-refractivity contribution < 1.29 is 9.18 Å². The molecule has 0 aliphatic rings. The summed E-state index contributed by atoms with van der Waals surface area (Å²) in [4.78, 5) is 18.7. The topological polar surface area (TPSA) is 72.7 Å². The van der Waals surface area contributed by atoms with Crippen LogP contribution in [0.3, 0.4) is 0 Å². The first-order chi connectivity index (χ1) is 15.9. The van der Waals surface area contributed by atoms with Crippen molar-refractivity contribution in [3.8, 4) is 16.9 Å². The first-order valence-electron chi connectivity index (χ1n) is 10.7. The Kier molecular flexibility index (Phi) is 6.51. The lowest BCUT2D eigenvalue weighted by molar-refractivity contribution is 0.102. The van der Waals surface area contributed by atoms with E-state index < -0.39 is 0 Å². The van der Waals surface area contributed by atoms with Gasteiger partial charge in [0.25, 0.3) is 5.91 Å². The second-order valence-electron chi connectivity index (χ2n) is 7.63. The number of hydrogen-bond acceptors (Lipinski definition) is 4. The number of pyridine rings is 1. The van der Waals surface area contributed by atoms with Crippen LogP contribution in [0.25, 0.3) is 16.9 Å². The third kappa shape index (κ3) is 4.64. The molecule has 0 aliphatic heterocycles. The summed E-state index contributed by atoms with van der Waals surface area (Å²) < 4.78 is 13.7. The van der Waals surface area contributed by atoms with Gasteiger partial charge in [0.15, 0.2) is 5.82 Å². The molecule has 0 saturated heterocycles. The summed E-state index contributed by atoms with van der Waals surface area (Å²) in [5, 5.41) is 11.2. The largest absolute Gasteiger partial charge is 0.321 e. The fourth-order valence-electron chi connectivity index (χ4n) is 3.83. The van der Waals surface area contributed by atoms with Crippen molar-refractivity contribution in [1.82, 2.24) is 20.0 Å². The minimum Gasteiger partial charge on any atom is -0.321 e. The van der Waals surface area contributed by atoms with E-state index in [2.05, 4.69) is 20.5 Å². The number of aryl methyl sites for hydroxylation is 3. The highest BCUT2D eigenvalue weighted by Crippen LogP contribution is 2.32. The monoisotopic (exact) mass is 463 g/mol. The van der Waals surface area contributed by atoms with Gasteiger partial charge in [-0.2, -0.15) is 10.2 Å². The Labute approximate surface area is 196 Å². The molecule has 4 rings (SSSR count). The van der Waals surface area contributed by atoms with Crippen LogP contribution in [-0.4, -0.2) is 25.9 Å². The molecule has 0 saturated carbocycles. The molecule has 4 aromatic rings. The fourth-order valence-corrected chi connectivity index (χ4v) is 4.07. The van der Waals surface area contributed by atoms with Crippen molar-refractivity contribution in [1.29, 1.82) is 0 Å². The maximum atomic E-state index is 13.7. The third-order valence-electron chi connectivity index (χ3n) is 5.50. The SMILES string of the molecule is CCc1cc(F)ccc1-c1cc(C)c(C(=O)Nc2cnc(-n3nccn3)c(Cl)c2)cc1CC. The van der Waals surface area contributed by atoms with Crippen LogP contribution in [0.15, 0.2) is 55.0 Å². The van der Waals surface area contributed by atoms with E-state index in [0.717, 1.165) is 40.7 Å². The van der Waals surface area contributed by atoms with E-state index >= 15 is 0 Å². The van der Waals surface area contributed by atoms with Crippen LogP contribution >= 0.6 is 11.6 Å². The minimum absolute atomic E-state index is 0.247. The molecule has 0 aliphatic carbocycles. The van der Waals surface area contributed by atoms with E-state index in [4.69, 9.17) is 11.6 Å². The second kappa shape index (κ2) is 9.50. The van der Waals surface area contributed by atoms with Gasteiger partial charge in [0.2, 0.25) is 0 Å². The van der Waals surface area contributed by atoms with E-state index in [0.29, 0.717) is 22.1 Å². The summed E-state index contributed by atoms with van der Waals surface area (Å²) in [6.07, 6.45) is 6.02.